The lowest BCUT2D eigenvalue weighted by atomic mass is 11.0. The Morgan fingerprint density at radius 1 is 1.86 bits per heavy atom. The number of halogens is 1. The van der Waals surface area contributed by atoms with Gasteiger partial charge in [-0.3, -0.25) is 4.99 Å². The first kappa shape index (κ1) is 7.75. The molecule has 0 N–H and O–H groups in total. The molecule has 0 aromatic rings. The van der Waals surface area contributed by atoms with E-state index in [9.17, 15) is 0 Å². The van der Waals surface area contributed by atoms with Gasteiger partial charge in [-0.15, -0.1) is 11.8 Å². The Balaban J connectivity index is 3.17. The number of nitrogens with zero attached hydrogens (tertiary/aromatic N) is 1. The van der Waals surface area contributed by atoms with Crippen LogP contribution in [0.1, 0.15) is 6.92 Å². The Kier molecular flexibility index (Phi) is 5.42. The van der Waals surface area contributed by atoms with Crippen molar-refractivity contribution in [2.75, 3.05) is 12.8 Å². The molecule has 0 saturated carbocycles. The lowest BCUT2D eigenvalue weighted by Crippen LogP contribution is -1.75. The van der Waals surface area contributed by atoms with Crippen molar-refractivity contribution in [1.82, 2.24) is 0 Å². The Bertz CT molecular complexity index is 72.1. The fraction of sp³-hybridized carbons (Fsp3) is 0.750. The van der Waals surface area contributed by atoms with E-state index in [1.807, 2.05) is 7.05 Å². The molecule has 3 heteroatoms. The fourth-order valence-corrected chi connectivity index (χ4v) is 1.49. The van der Waals surface area contributed by atoms with Crippen LogP contribution in [0.5, 0.6) is 0 Å². The van der Waals surface area contributed by atoms with Crippen molar-refractivity contribution in [3.8, 4) is 0 Å². The second-order valence-corrected chi connectivity index (χ2v) is 3.92. The van der Waals surface area contributed by atoms with Gasteiger partial charge in [0.25, 0.3) is 0 Å². The Hall–Kier alpha value is 0.750. The summed E-state index contributed by atoms with van der Waals surface area (Å²) in [5.41, 5.74) is 0. The molecule has 0 amide bonds. The lowest BCUT2D eigenvalue weighted by Gasteiger charge is -1.87. The van der Waals surface area contributed by atoms with E-state index in [1.165, 1.54) is 0 Å². The highest BCUT2D eigenvalue weighted by Crippen LogP contribution is 2.08. The molecule has 0 aliphatic heterocycles. The zero-order chi connectivity index (χ0) is 5.70. The molecule has 0 bridgehead atoms. The van der Waals surface area contributed by atoms with Crippen LogP contribution in [0, 0.1) is 0 Å². The molecule has 0 unspecified atom stereocenters. The van der Waals surface area contributed by atoms with Crippen LogP contribution in [0.15, 0.2) is 4.99 Å². The summed E-state index contributed by atoms with van der Waals surface area (Å²) in [5.74, 6) is 1.12. The first-order valence-electron chi connectivity index (χ1n) is 2.06. The minimum Gasteiger partial charge on any atom is -0.276 e. The molecular weight excluding hydrogens is 221 g/mol. The van der Waals surface area contributed by atoms with Gasteiger partial charge in [-0.25, -0.2) is 0 Å². The zero-order valence-electron chi connectivity index (χ0n) is 4.44. The van der Waals surface area contributed by atoms with Gasteiger partial charge in [0.2, 0.25) is 0 Å². The largest absolute Gasteiger partial charge is 0.276 e. The first-order chi connectivity index (χ1) is 3.31. The highest BCUT2D eigenvalue weighted by Gasteiger charge is 1.84. The zero-order valence-corrected chi connectivity index (χ0v) is 7.41. The minimum atomic E-state index is 1.12. The maximum Gasteiger partial charge on any atom is 0.128 e. The monoisotopic (exact) mass is 229 g/mol. The van der Waals surface area contributed by atoms with Crippen LogP contribution in [-0.2, 0) is 0 Å². The van der Waals surface area contributed by atoms with Crippen molar-refractivity contribution in [3.63, 3.8) is 0 Å². The van der Waals surface area contributed by atoms with Crippen molar-refractivity contribution < 1.29 is 0 Å². The topological polar surface area (TPSA) is 12.4 Å². The van der Waals surface area contributed by atoms with E-state index in [-0.39, 0.29) is 0 Å². The molecule has 0 rings (SSSR count). The Labute approximate surface area is 62.1 Å². The van der Waals surface area contributed by atoms with Gasteiger partial charge < -0.3 is 0 Å². The minimum absolute atomic E-state index is 1.12. The Morgan fingerprint density at radius 2 is 2.43 bits per heavy atom. The molecule has 0 aliphatic carbocycles. The fourth-order valence-electron chi connectivity index (χ4n) is 0.184. The van der Waals surface area contributed by atoms with Crippen LogP contribution in [0.25, 0.3) is 0 Å². The molecular formula is C4H8INS. The van der Waals surface area contributed by atoms with Gasteiger partial charge in [0.15, 0.2) is 0 Å². The van der Waals surface area contributed by atoms with Gasteiger partial charge in [-0.1, -0.05) is 6.92 Å². The maximum atomic E-state index is 3.94. The summed E-state index contributed by atoms with van der Waals surface area (Å²) in [6.45, 7) is 2.12. The molecule has 0 atom stereocenters. The second-order valence-electron chi connectivity index (χ2n) is 0.910. The normalized spacial score (nSPS) is 12.1. The summed E-state index contributed by atoms with van der Waals surface area (Å²) >= 11 is 3.99. The second kappa shape index (κ2) is 4.90. The molecule has 0 spiro atoms. The highest BCUT2D eigenvalue weighted by atomic mass is 127. The molecule has 0 aliphatic rings. The van der Waals surface area contributed by atoms with Crippen LogP contribution in [0.2, 0.25) is 0 Å². The van der Waals surface area contributed by atoms with Gasteiger partial charge in [0.1, 0.15) is 3.05 Å². The molecule has 0 saturated heterocycles. The third kappa shape index (κ3) is 4.61. The Morgan fingerprint density at radius 3 is 2.57 bits per heavy atom. The van der Waals surface area contributed by atoms with Crippen molar-refractivity contribution in [3.05, 3.63) is 0 Å². The van der Waals surface area contributed by atoms with Gasteiger partial charge in [-0.05, 0) is 28.3 Å². The summed E-state index contributed by atoms with van der Waals surface area (Å²) in [4.78, 5) is 3.94. The van der Waals surface area contributed by atoms with E-state index in [1.54, 1.807) is 11.8 Å². The van der Waals surface area contributed by atoms with Crippen LogP contribution >= 0.6 is 34.4 Å². The maximum absolute atomic E-state index is 3.94. The number of thioether (sulfide) groups is 1. The van der Waals surface area contributed by atoms with Crippen LogP contribution < -0.4 is 0 Å². The number of aliphatic imine (C=N–C) groups is 1. The summed E-state index contributed by atoms with van der Waals surface area (Å²) in [6, 6.07) is 0. The molecule has 1 nitrogen and oxygen atoms in total. The van der Waals surface area contributed by atoms with Crippen LogP contribution in [0.3, 0.4) is 0 Å². The SMILES string of the molecule is CCS/C(I)=N\C. The first-order valence-corrected chi connectivity index (χ1v) is 4.12. The summed E-state index contributed by atoms with van der Waals surface area (Å²) in [5, 5.41) is 0. The third-order valence-electron chi connectivity index (χ3n) is 0.439. The molecule has 0 aromatic heterocycles. The van der Waals surface area contributed by atoms with E-state index < -0.39 is 0 Å². The average molecular weight is 229 g/mol. The lowest BCUT2D eigenvalue weighted by molar-refractivity contribution is 1.48. The number of rotatable bonds is 1. The quantitative estimate of drug-likeness (QED) is 0.381. The number of hydrogen-bond acceptors (Lipinski definition) is 2. The molecule has 0 fully saturated rings. The van der Waals surface area contributed by atoms with Crippen LogP contribution in [0.4, 0.5) is 0 Å². The van der Waals surface area contributed by atoms with E-state index >= 15 is 0 Å². The summed E-state index contributed by atoms with van der Waals surface area (Å²) in [7, 11) is 1.81. The van der Waals surface area contributed by atoms with Crippen molar-refractivity contribution in [2.45, 2.75) is 6.92 Å². The van der Waals surface area contributed by atoms with E-state index in [2.05, 4.69) is 34.5 Å². The van der Waals surface area contributed by atoms with Crippen molar-refractivity contribution in [2.24, 2.45) is 4.99 Å². The molecule has 7 heavy (non-hydrogen) atoms. The van der Waals surface area contributed by atoms with Crippen LogP contribution in [-0.4, -0.2) is 15.9 Å². The standard InChI is InChI=1S/C4H8INS/c1-3-7-4(5)6-2/h3H2,1-2H3/b6-4-. The third-order valence-corrected chi connectivity index (χ3v) is 2.57. The molecule has 0 heterocycles. The van der Waals surface area contributed by atoms with Gasteiger partial charge in [0.05, 0.1) is 0 Å². The van der Waals surface area contributed by atoms with Gasteiger partial charge >= 0.3 is 0 Å². The predicted molar refractivity (Wildman–Crippen MR) is 45.5 cm³/mol. The summed E-state index contributed by atoms with van der Waals surface area (Å²) < 4.78 is 1.14. The molecule has 42 valence electrons. The number of hydrogen-bond donors (Lipinski definition) is 0. The molecule has 0 aromatic carbocycles. The van der Waals surface area contributed by atoms with E-state index in [0.717, 1.165) is 8.80 Å². The van der Waals surface area contributed by atoms with E-state index in [0.29, 0.717) is 0 Å². The highest BCUT2D eigenvalue weighted by molar-refractivity contribution is 14.1. The van der Waals surface area contributed by atoms with Gasteiger partial charge in [0, 0.05) is 7.05 Å². The smallest absolute Gasteiger partial charge is 0.128 e. The van der Waals surface area contributed by atoms with Gasteiger partial charge in [-0.2, -0.15) is 0 Å². The van der Waals surface area contributed by atoms with E-state index in [4.69, 9.17) is 0 Å². The molecule has 0 radical (unpaired) electrons. The average Bonchev–Trinajstić information content (AvgIpc) is 1.68. The summed E-state index contributed by atoms with van der Waals surface area (Å²) in [6.07, 6.45) is 0. The van der Waals surface area contributed by atoms with Crippen molar-refractivity contribution >= 4 is 37.4 Å². The predicted octanol–water partition coefficient (Wildman–Crippen LogP) is 2.16. The van der Waals surface area contributed by atoms with Crippen molar-refractivity contribution in [1.29, 1.82) is 0 Å².